The summed E-state index contributed by atoms with van der Waals surface area (Å²) < 4.78 is 15.3. The van der Waals surface area contributed by atoms with Crippen molar-refractivity contribution in [1.29, 1.82) is 0 Å². The minimum absolute atomic E-state index is 0.130. The molecule has 0 spiro atoms. The fourth-order valence-corrected chi connectivity index (χ4v) is 1.72. The molecule has 0 fully saturated rings. The van der Waals surface area contributed by atoms with E-state index in [0.29, 0.717) is 0 Å². The van der Waals surface area contributed by atoms with E-state index in [1.165, 1.54) is 13.2 Å². The number of benzene rings is 1. The molecule has 0 saturated heterocycles. The Hall–Kier alpha value is -2.64. The van der Waals surface area contributed by atoms with Gasteiger partial charge in [0.25, 0.3) is 5.69 Å². The summed E-state index contributed by atoms with van der Waals surface area (Å²) in [7, 11) is 1.33. The lowest BCUT2D eigenvalue weighted by Crippen LogP contribution is -2.26. The zero-order valence-electron chi connectivity index (χ0n) is 14.4. The van der Waals surface area contributed by atoms with Crippen molar-refractivity contribution in [3.05, 3.63) is 27.8 Å². The highest BCUT2D eigenvalue weighted by atomic mass is 16.6. The highest BCUT2D eigenvalue weighted by molar-refractivity contribution is 5.96. The summed E-state index contributed by atoms with van der Waals surface area (Å²) in [5, 5.41) is 11.2. The fraction of sp³-hybridized carbons (Fsp3) is 0.500. The van der Waals surface area contributed by atoms with E-state index in [9.17, 15) is 19.7 Å². The van der Waals surface area contributed by atoms with E-state index in [1.54, 1.807) is 27.7 Å². The van der Waals surface area contributed by atoms with Crippen molar-refractivity contribution in [3.8, 4) is 11.5 Å². The summed E-state index contributed by atoms with van der Waals surface area (Å²) >= 11 is 0. The van der Waals surface area contributed by atoms with Crippen LogP contribution in [0.5, 0.6) is 11.5 Å². The van der Waals surface area contributed by atoms with Crippen LogP contribution in [0.1, 0.15) is 38.1 Å². The number of carbonyl (C=O) groups excluding carboxylic acids is 2. The normalized spacial score (nSPS) is 10.9. The highest BCUT2D eigenvalue weighted by Gasteiger charge is 2.28. The molecule has 0 aliphatic heterocycles. The summed E-state index contributed by atoms with van der Waals surface area (Å²) in [4.78, 5) is 34.5. The van der Waals surface area contributed by atoms with Crippen molar-refractivity contribution >= 4 is 17.4 Å². The van der Waals surface area contributed by atoms with Crippen LogP contribution in [0.2, 0.25) is 0 Å². The topological polar surface area (TPSA) is 105 Å². The van der Waals surface area contributed by atoms with Crippen molar-refractivity contribution in [3.63, 3.8) is 0 Å². The molecule has 8 heteroatoms. The Balaban J connectivity index is 3.15. The molecule has 0 bridgehead atoms. The predicted molar refractivity (Wildman–Crippen MR) is 85.6 cm³/mol. The van der Waals surface area contributed by atoms with Crippen LogP contribution in [0.15, 0.2) is 12.1 Å². The maximum absolute atomic E-state index is 12.2. The lowest BCUT2D eigenvalue weighted by molar-refractivity contribution is -0.385. The van der Waals surface area contributed by atoms with Gasteiger partial charge < -0.3 is 14.2 Å². The van der Waals surface area contributed by atoms with Gasteiger partial charge in [-0.25, -0.2) is 4.79 Å². The Morgan fingerprint density at radius 1 is 1.21 bits per heavy atom. The molecular formula is C16H21NO7. The van der Waals surface area contributed by atoms with E-state index in [-0.39, 0.29) is 29.5 Å². The zero-order valence-corrected chi connectivity index (χ0v) is 14.4. The molecule has 132 valence electrons. The van der Waals surface area contributed by atoms with Crippen molar-refractivity contribution in [2.75, 3.05) is 20.3 Å². The number of hydrogen-bond donors (Lipinski definition) is 0. The quantitative estimate of drug-likeness (QED) is 0.427. The van der Waals surface area contributed by atoms with Crippen molar-refractivity contribution in [1.82, 2.24) is 0 Å². The second-order valence-corrected chi connectivity index (χ2v) is 5.96. The molecule has 0 radical (unpaired) electrons. The van der Waals surface area contributed by atoms with Gasteiger partial charge in [0, 0.05) is 11.5 Å². The van der Waals surface area contributed by atoms with Crippen LogP contribution in [0.3, 0.4) is 0 Å². The first-order valence-corrected chi connectivity index (χ1v) is 7.31. The first-order valence-electron chi connectivity index (χ1n) is 7.31. The lowest BCUT2D eigenvalue weighted by atomic mass is 9.91. The van der Waals surface area contributed by atoms with E-state index < -0.39 is 28.6 Å². The molecule has 0 unspecified atom stereocenters. The third kappa shape index (κ3) is 4.68. The Labute approximate surface area is 139 Å². The highest BCUT2D eigenvalue weighted by Crippen LogP contribution is 2.35. The molecule has 0 aliphatic rings. The minimum Gasteiger partial charge on any atom is -0.493 e. The molecular weight excluding hydrogens is 318 g/mol. The number of esters is 1. The van der Waals surface area contributed by atoms with Crippen molar-refractivity contribution in [2.24, 2.45) is 5.41 Å². The van der Waals surface area contributed by atoms with E-state index in [2.05, 4.69) is 0 Å². The maximum atomic E-state index is 12.2. The van der Waals surface area contributed by atoms with Crippen LogP contribution in [0.4, 0.5) is 5.69 Å². The number of carbonyl (C=O) groups is 2. The van der Waals surface area contributed by atoms with Crippen molar-refractivity contribution in [2.45, 2.75) is 27.7 Å². The van der Waals surface area contributed by atoms with Crippen LogP contribution < -0.4 is 9.47 Å². The molecule has 0 N–H and O–H groups in total. The molecule has 24 heavy (non-hydrogen) atoms. The molecule has 0 aromatic heterocycles. The van der Waals surface area contributed by atoms with E-state index in [4.69, 9.17) is 14.2 Å². The Morgan fingerprint density at radius 3 is 2.29 bits per heavy atom. The van der Waals surface area contributed by atoms with Gasteiger partial charge in [-0.1, -0.05) is 20.8 Å². The number of ether oxygens (including phenoxy) is 3. The van der Waals surface area contributed by atoms with Crippen LogP contribution in [0, 0.1) is 15.5 Å². The second kappa shape index (κ2) is 7.76. The van der Waals surface area contributed by atoms with Gasteiger partial charge in [0.2, 0.25) is 0 Å². The van der Waals surface area contributed by atoms with Crippen LogP contribution in [-0.2, 0) is 9.53 Å². The summed E-state index contributed by atoms with van der Waals surface area (Å²) in [6.45, 7) is 6.60. The third-order valence-corrected chi connectivity index (χ3v) is 3.17. The van der Waals surface area contributed by atoms with Gasteiger partial charge in [0.15, 0.2) is 23.9 Å². The minimum atomic E-state index is -0.970. The van der Waals surface area contributed by atoms with Gasteiger partial charge in [-0.05, 0) is 6.92 Å². The second-order valence-electron chi connectivity index (χ2n) is 5.96. The number of methoxy groups -OCH3 is 1. The van der Waals surface area contributed by atoms with Gasteiger partial charge >= 0.3 is 5.97 Å². The average molecular weight is 339 g/mol. The van der Waals surface area contributed by atoms with Crippen LogP contribution >= 0.6 is 0 Å². The first kappa shape index (κ1) is 19.4. The molecule has 1 rings (SSSR count). The van der Waals surface area contributed by atoms with E-state index in [1.807, 2.05) is 0 Å². The fourth-order valence-electron chi connectivity index (χ4n) is 1.72. The molecule has 0 amide bonds. The number of nitro benzene ring substituents is 1. The van der Waals surface area contributed by atoms with Crippen LogP contribution in [-0.4, -0.2) is 37.0 Å². The van der Waals surface area contributed by atoms with E-state index >= 15 is 0 Å². The zero-order chi connectivity index (χ0) is 18.5. The Kier molecular flexibility index (Phi) is 6.27. The number of rotatable bonds is 7. The van der Waals surface area contributed by atoms with Crippen molar-refractivity contribution < 1.29 is 28.7 Å². The maximum Gasteiger partial charge on any atom is 0.345 e. The van der Waals surface area contributed by atoms with Gasteiger partial charge in [-0.2, -0.15) is 0 Å². The summed E-state index contributed by atoms with van der Waals surface area (Å²) in [6.07, 6.45) is 0. The number of nitrogens with zero attached hydrogens (tertiary/aromatic N) is 1. The molecule has 0 saturated carbocycles. The summed E-state index contributed by atoms with van der Waals surface area (Å²) in [5.41, 5.74) is -1.46. The lowest BCUT2D eigenvalue weighted by Gasteiger charge is -2.16. The molecule has 8 nitrogen and oxygen atoms in total. The molecule has 0 heterocycles. The predicted octanol–water partition coefficient (Wildman–Crippen LogP) is 2.77. The smallest absolute Gasteiger partial charge is 0.345 e. The monoisotopic (exact) mass is 339 g/mol. The third-order valence-electron chi connectivity index (χ3n) is 3.17. The molecule has 0 atom stereocenters. The average Bonchev–Trinajstić information content (AvgIpc) is 2.50. The standard InChI is InChI=1S/C16H21NO7/c1-6-23-13-7-10(11(17(20)21)8-12(13)22-5)15(19)24-9-14(18)16(2,3)4/h7-8H,6,9H2,1-5H3. The number of hydrogen-bond acceptors (Lipinski definition) is 7. The Bertz CT molecular complexity index is 647. The Morgan fingerprint density at radius 2 is 1.83 bits per heavy atom. The summed E-state index contributed by atoms with van der Waals surface area (Å²) in [5.74, 6) is -0.953. The summed E-state index contributed by atoms with van der Waals surface area (Å²) in [6, 6.07) is 2.28. The SMILES string of the molecule is CCOc1cc(C(=O)OCC(=O)C(C)(C)C)c([N+](=O)[O-])cc1OC. The van der Waals surface area contributed by atoms with Crippen LogP contribution in [0.25, 0.3) is 0 Å². The van der Waals surface area contributed by atoms with Gasteiger partial charge in [-0.15, -0.1) is 0 Å². The largest absolute Gasteiger partial charge is 0.493 e. The van der Waals surface area contributed by atoms with Gasteiger partial charge in [0.05, 0.1) is 24.7 Å². The molecule has 0 aliphatic carbocycles. The van der Waals surface area contributed by atoms with Gasteiger partial charge in [0.1, 0.15) is 5.56 Å². The van der Waals surface area contributed by atoms with E-state index in [0.717, 1.165) is 6.07 Å². The van der Waals surface area contributed by atoms with Gasteiger partial charge in [-0.3, -0.25) is 14.9 Å². The first-order chi connectivity index (χ1) is 11.1. The number of ketones is 1. The molecule has 1 aromatic carbocycles. The number of nitro groups is 1. The molecule has 1 aromatic rings. The number of Topliss-reactive ketones (excluding diaryl/α,β-unsaturated/α-hetero) is 1.